The Bertz CT molecular complexity index is 34.7. The van der Waals surface area contributed by atoms with E-state index < -0.39 is 5.09 Å². The number of rotatable bonds is 0. The summed E-state index contributed by atoms with van der Waals surface area (Å²) in [6.45, 7) is 0. The minimum Gasteiger partial charge on any atom is -0.870 e. The van der Waals surface area contributed by atoms with Gasteiger partial charge in [0, 0.05) is 17.4 Å². The van der Waals surface area contributed by atoms with E-state index >= 15 is 0 Å². The van der Waals surface area contributed by atoms with Gasteiger partial charge in [0.05, 0.1) is 5.09 Å². The predicted octanol–water partition coefficient (Wildman–Crippen LogP) is -1.18. The van der Waals surface area contributed by atoms with Crippen molar-refractivity contribution < 1.29 is 10.6 Å². The Morgan fingerprint density at radius 3 is 1.29 bits per heavy atom. The van der Waals surface area contributed by atoms with Gasteiger partial charge in [-0.2, -0.15) is 0 Å². The topological polar surface area (TPSA) is 96.2 Å². The van der Waals surface area contributed by atoms with Gasteiger partial charge in [0.15, 0.2) is 0 Å². The fraction of sp³-hybridized carbons (Fsp3) is 0. The second kappa shape index (κ2) is 16.1. The maximum Gasteiger partial charge on any atom is 2.00 e. The van der Waals surface area contributed by atoms with Crippen molar-refractivity contribution in [2.75, 3.05) is 0 Å². The van der Waals surface area contributed by atoms with Gasteiger partial charge in [0.25, 0.3) is 0 Å². The van der Waals surface area contributed by atoms with Gasteiger partial charge in [-0.05, 0) is 0 Å². The smallest absolute Gasteiger partial charge is 0.870 e. The Kier molecular flexibility index (Phi) is 59.8. The van der Waals surface area contributed by atoms with Crippen LogP contribution in [0.2, 0.25) is 0 Å². The van der Waals surface area contributed by atoms with Gasteiger partial charge in [-0.25, -0.2) is 0 Å². The molecule has 0 heterocycles. The maximum atomic E-state index is 8.25. The first-order valence-electron chi connectivity index (χ1n) is 0.548. The van der Waals surface area contributed by atoms with E-state index in [2.05, 4.69) is 0 Å². The molecule has 7 heavy (non-hydrogen) atoms. The molecular formula is HAlMgNO4. The van der Waals surface area contributed by atoms with E-state index in [-0.39, 0.29) is 45.9 Å². The minimum absolute atomic E-state index is 0. The van der Waals surface area contributed by atoms with Crippen molar-refractivity contribution in [2.45, 2.75) is 0 Å². The largest absolute Gasteiger partial charge is 2.00 e. The van der Waals surface area contributed by atoms with Crippen LogP contribution in [0.3, 0.4) is 0 Å². The van der Waals surface area contributed by atoms with Crippen LogP contribution in [0.5, 0.6) is 0 Å². The molecule has 35 valence electrons. The fourth-order valence-corrected chi connectivity index (χ4v) is 0. The molecule has 0 aliphatic carbocycles. The first-order valence-corrected chi connectivity index (χ1v) is 0.548. The zero-order valence-electron chi connectivity index (χ0n) is 3.40. The number of hydrogen-bond acceptors (Lipinski definition) is 4. The van der Waals surface area contributed by atoms with Crippen LogP contribution in [0.25, 0.3) is 0 Å². The normalized spacial score (nSPS) is 3.43. The van der Waals surface area contributed by atoms with E-state index in [0.29, 0.717) is 0 Å². The summed E-state index contributed by atoms with van der Waals surface area (Å²) in [6, 6.07) is 0. The van der Waals surface area contributed by atoms with Crippen molar-refractivity contribution in [1.29, 1.82) is 0 Å². The minimum atomic E-state index is -1.75. The summed E-state index contributed by atoms with van der Waals surface area (Å²) in [5.41, 5.74) is 0. The van der Waals surface area contributed by atoms with E-state index in [1.54, 1.807) is 0 Å². The Balaban J connectivity index is -0.0000000150. The molecule has 0 amide bonds. The van der Waals surface area contributed by atoms with Crippen LogP contribution in [0.4, 0.5) is 0 Å². The monoisotopic (exact) mass is 130 g/mol. The van der Waals surface area contributed by atoms with Crippen molar-refractivity contribution in [3.63, 3.8) is 0 Å². The van der Waals surface area contributed by atoms with E-state index in [1.807, 2.05) is 0 Å². The molecule has 0 aliphatic heterocycles. The average Bonchev–Trinajstić information content (AvgIpc) is 0.811. The van der Waals surface area contributed by atoms with Crippen LogP contribution in [-0.2, 0) is 0 Å². The molecule has 1 N–H and O–H groups in total. The van der Waals surface area contributed by atoms with E-state index in [4.69, 9.17) is 15.3 Å². The summed E-state index contributed by atoms with van der Waals surface area (Å²) in [5.74, 6) is 0. The Labute approximate surface area is 66.4 Å². The number of nitrogens with zero attached hydrogens (tertiary/aromatic N) is 1. The summed E-state index contributed by atoms with van der Waals surface area (Å²) in [4.78, 5) is 8.25. The van der Waals surface area contributed by atoms with Crippen LogP contribution in [0, 0.1) is 15.3 Å². The first-order chi connectivity index (χ1) is 1.73. The zero-order valence-corrected chi connectivity index (χ0v) is 5.97. The third-order valence-corrected chi connectivity index (χ3v) is 0. The zero-order chi connectivity index (χ0) is 3.58. The Hall–Kier alpha value is 0.459. The third-order valence-electron chi connectivity index (χ3n) is 0. The van der Waals surface area contributed by atoms with Gasteiger partial charge in [0.1, 0.15) is 0 Å². The maximum absolute atomic E-state index is 8.25. The van der Waals surface area contributed by atoms with Crippen LogP contribution in [0.15, 0.2) is 0 Å². The van der Waals surface area contributed by atoms with Gasteiger partial charge in [-0.15, -0.1) is 0 Å². The fourth-order valence-electron chi connectivity index (χ4n) is 0. The van der Waals surface area contributed by atoms with Crippen LogP contribution >= 0.6 is 0 Å². The molecule has 0 aromatic heterocycles. The standard InChI is InChI=1S/Al.Mg.NO3.H2O/c;;2-1(3)4;/h;;;1H2/q;+2;-1;/p-1. The van der Waals surface area contributed by atoms with Crippen molar-refractivity contribution in [3.8, 4) is 0 Å². The molecule has 0 bridgehead atoms. The summed E-state index contributed by atoms with van der Waals surface area (Å²) >= 11 is 0. The summed E-state index contributed by atoms with van der Waals surface area (Å²) < 4.78 is 0. The Morgan fingerprint density at radius 1 is 1.29 bits per heavy atom. The van der Waals surface area contributed by atoms with Gasteiger partial charge < -0.3 is 20.8 Å². The molecule has 0 saturated heterocycles. The van der Waals surface area contributed by atoms with Crippen molar-refractivity contribution in [1.82, 2.24) is 0 Å². The van der Waals surface area contributed by atoms with Crippen molar-refractivity contribution >= 4 is 40.4 Å². The van der Waals surface area contributed by atoms with Crippen LogP contribution < -0.4 is 0 Å². The average molecular weight is 130 g/mol. The molecule has 3 radical (unpaired) electrons. The number of hydrogen-bond donors (Lipinski definition) is 0. The molecule has 0 rings (SSSR count). The van der Waals surface area contributed by atoms with E-state index in [1.165, 1.54) is 0 Å². The Morgan fingerprint density at radius 2 is 1.29 bits per heavy atom. The van der Waals surface area contributed by atoms with Crippen molar-refractivity contribution in [2.24, 2.45) is 0 Å². The third kappa shape index (κ3) is 610. The predicted molar refractivity (Wildman–Crippen MR) is 23.8 cm³/mol. The summed E-state index contributed by atoms with van der Waals surface area (Å²) in [6.07, 6.45) is 0. The van der Waals surface area contributed by atoms with Crippen molar-refractivity contribution in [3.05, 3.63) is 15.3 Å². The SMILES string of the molecule is O=[N+]([O-])[O-].[Al].[Mg+2].[OH-]. The van der Waals surface area contributed by atoms with E-state index in [9.17, 15) is 0 Å². The van der Waals surface area contributed by atoms with Gasteiger partial charge in [0.2, 0.25) is 0 Å². The van der Waals surface area contributed by atoms with Gasteiger partial charge >= 0.3 is 23.1 Å². The molecular weight excluding hydrogens is 129 g/mol. The molecule has 0 unspecified atom stereocenters. The molecule has 0 aromatic carbocycles. The second-order valence-corrected chi connectivity index (χ2v) is 0.224. The van der Waals surface area contributed by atoms with Crippen LogP contribution in [0.1, 0.15) is 0 Å². The second-order valence-electron chi connectivity index (χ2n) is 0.224. The van der Waals surface area contributed by atoms with Gasteiger partial charge in [-0.3, -0.25) is 0 Å². The molecule has 5 nitrogen and oxygen atoms in total. The molecule has 0 saturated carbocycles. The van der Waals surface area contributed by atoms with Crippen LogP contribution in [-0.4, -0.2) is 51.0 Å². The molecule has 0 aliphatic rings. The molecule has 0 aromatic rings. The quantitative estimate of drug-likeness (QED) is 0.234. The summed E-state index contributed by atoms with van der Waals surface area (Å²) in [5, 5.41) is 14.8. The molecule has 0 atom stereocenters. The molecule has 7 heteroatoms. The summed E-state index contributed by atoms with van der Waals surface area (Å²) in [7, 11) is 0. The molecule has 0 fully saturated rings. The first kappa shape index (κ1) is 26.0. The van der Waals surface area contributed by atoms with E-state index in [0.717, 1.165) is 0 Å². The van der Waals surface area contributed by atoms with Gasteiger partial charge in [-0.1, -0.05) is 0 Å². The molecule has 0 spiro atoms.